The van der Waals surface area contributed by atoms with Crippen LogP contribution in [-0.2, 0) is 57.1 Å². The van der Waals surface area contributed by atoms with Gasteiger partial charge in [-0.25, -0.2) is 0 Å². The Bertz CT molecular complexity index is 735. The van der Waals surface area contributed by atoms with Crippen LogP contribution in [0.2, 0.25) is 0 Å². The van der Waals surface area contributed by atoms with E-state index in [-0.39, 0.29) is 6.42 Å². The number of nitrogens with one attached hydrogen (secondary N) is 1. The molecule has 0 saturated carbocycles. The third-order valence-electron chi connectivity index (χ3n) is 4.57. The number of carbonyl (C=O) groups excluding carboxylic acids is 5. The van der Waals surface area contributed by atoms with Crippen molar-refractivity contribution in [1.29, 1.82) is 0 Å². The molecule has 13 nitrogen and oxygen atoms in total. The average molecular weight is 476 g/mol. The first-order valence-electron chi connectivity index (χ1n) is 10.0. The highest BCUT2D eigenvalue weighted by Gasteiger charge is 2.56. The summed E-state index contributed by atoms with van der Waals surface area (Å²) in [5.74, 6) is -5.46. The van der Waals surface area contributed by atoms with Crippen LogP contribution >= 0.6 is 0 Å². The average Bonchev–Trinajstić information content (AvgIpc) is 2.69. The highest BCUT2D eigenvalue weighted by Crippen LogP contribution is 2.36. The Morgan fingerprint density at radius 1 is 0.909 bits per heavy atom. The van der Waals surface area contributed by atoms with Gasteiger partial charge in [0.25, 0.3) is 0 Å². The maximum absolute atomic E-state index is 11.9. The zero-order valence-electron chi connectivity index (χ0n) is 19.4. The van der Waals surface area contributed by atoms with E-state index in [0.717, 1.165) is 34.6 Å². The summed E-state index contributed by atoms with van der Waals surface area (Å²) in [6.45, 7) is 4.52. The molecule has 0 aromatic carbocycles. The van der Waals surface area contributed by atoms with Gasteiger partial charge in [0.2, 0.25) is 0 Å². The van der Waals surface area contributed by atoms with E-state index >= 15 is 0 Å². The van der Waals surface area contributed by atoms with Crippen molar-refractivity contribution >= 4 is 29.8 Å². The van der Waals surface area contributed by atoms with E-state index in [1.54, 1.807) is 0 Å². The zero-order valence-corrected chi connectivity index (χ0v) is 19.4. The Hall–Kier alpha value is -2.77. The van der Waals surface area contributed by atoms with Crippen molar-refractivity contribution in [2.24, 2.45) is 0 Å². The smallest absolute Gasteiger partial charge is 0.303 e. The molecule has 0 aliphatic carbocycles. The molecule has 13 heteroatoms. The number of methoxy groups -OCH3 is 1. The van der Waals surface area contributed by atoms with E-state index in [0.29, 0.717) is 0 Å². The highest BCUT2D eigenvalue weighted by atomic mass is 16.7. The van der Waals surface area contributed by atoms with Gasteiger partial charge in [-0.05, 0) is 0 Å². The molecule has 0 aromatic heterocycles. The van der Waals surface area contributed by atoms with Crippen molar-refractivity contribution < 1.29 is 57.1 Å². The maximum Gasteiger partial charge on any atom is 0.303 e. The highest BCUT2D eigenvalue weighted by molar-refractivity contribution is 5.69. The summed E-state index contributed by atoms with van der Waals surface area (Å²) in [4.78, 5) is 58.6. The molecule has 0 spiro atoms. The number of hydrogen-bond donors (Lipinski definition) is 0. The Kier molecular flexibility index (Phi) is 10.7. The lowest BCUT2D eigenvalue weighted by Crippen LogP contribution is -2.65. The van der Waals surface area contributed by atoms with Gasteiger partial charge in [-0.2, -0.15) is 0 Å². The normalized spacial score (nSPS) is 26.3. The summed E-state index contributed by atoms with van der Waals surface area (Å²) < 4.78 is 37.5. The van der Waals surface area contributed by atoms with Crippen molar-refractivity contribution in [1.82, 2.24) is 5.73 Å². The van der Waals surface area contributed by atoms with Crippen molar-refractivity contribution in [3.05, 3.63) is 0 Å². The molecular formula is C20H30NO12. The van der Waals surface area contributed by atoms with Crippen LogP contribution in [0.25, 0.3) is 0 Å². The number of hydrogen-bond acceptors (Lipinski definition) is 12. The van der Waals surface area contributed by atoms with Crippen LogP contribution in [0.4, 0.5) is 0 Å². The van der Waals surface area contributed by atoms with E-state index in [9.17, 15) is 24.0 Å². The fourth-order valence-corrected chi connectivity index (χ4v) is 3.38. The first kappa shape index (κ1) is 28.3. The molecule has 1 heterocycles. The summed E-state index contributed by atoms with van der Waals surface area (Å²) in [6, 6.07) is 0. The maximum atomic E-state index is 11.9. The van der Waals surface area contributed by atoms with Gasteiger partial charge < -0.3 is 33.2 Å². The minimum absolute atomic E-state index is 0.185. The summed E-state index contributed by atoms with van der Waals surface area (Å²) >= 11 is 0. The van der Waals surface area contributed by atoms with Crippen LogP contribution in [0.3, 0.4) is 0 Å². The van der Waals surface area contributed by atoms with E-state index in [2.05, 4.69) is 0 Å². The summed E-state index contributed by atoms with van der Waals surface area (Å²) in [6.07, 6.45) is -7.04. The third kappa shape index (κ3) is 8.59. The number of rotatable bonds is 10. The number of carbonyl (C=O) groups is 5. The monoisotopic (exact) mass is 476 g/mol. The van der Waals surface area contributed by atoms with Gasteiger partial charge in [0.15, 0.2) is 24.1 Å². The van der Waals surface area contributed by atoms with E-state index in [1.165, 1.54) is 7.11 Å². The van der Waals surface area contributed by atoms with Crippen molar-refractivity contribution in [3.63, 3.8) is 0 Å². The Balaban J connectivity index is 3.58. The third-order valence-corrected chi connectivity index (χ3v) is 4.57. The Labute approximate surface area is 191 Å². The van der Waals surface area contributed by atoms with Crippen molar-refractivity contribution in [2.45, 2.75) is 77.3 Å². The standard InChI is InChI=1S/C20H30NO12/c1-10(22)28-8-16(30-12(3)24)18(32-14(5)26)19-17(31-13(4)25)15(29-11(2)23)7-20(9-21,27-6)33-19/h15-19,21H,7-9H2,1-6H3/t15-,16-,17+,18+,19+,20-/m0/s1. The molecule has 0 amide bonds. The summed E-state index contributed by atoms with van der Waals surface area (Å²) in [7, 11) is 1.26. The molecule has 187 valence electrons. The Morgan fingerprint density at radius 2 is 1.48 bits per heavy atom. The summed E-state index contributed by atoms with van der Waals surface area (Å²) in [5.41, 5.74) is 7.89. The Morgan fingerprint density at radius 3 is 1.91 bits per heavy atom. The van der Waals surface area contributed by atoms with Crippen LogP contribution in [0, 0.1) is 0 Å². The molecule has 6 atom stereocenters. The van der Waals surface area contributed by atoms with Gasteiger partial charge in [-0.1, -0.05) is 0 Å². The molecule has 0 bridgehead atoms. The minimum atomic E-state index is -1.65. The van der Waals surface area contributed by atoms with Gasteiger partial charge in [0.1, 0.15) is 18.8 Å². The quantitative estimate of drug-likeness (QED) is 0.298. The van der Waals surface area contributed by atoms with Crippen LogP contribution in [0.5, 0.6) is 0 Å². The van der Waals surface area contributed by atoms with Crippen LogP contribution in [0.1, 0.15) is 41.0 Å². The van der Waals surface area contributed by atoms with Crippen molar-refractivity contribution in [3.8, 4) is 0 Å². The molecule has 1 rings (SSSR count). The lowest BCUT2D eigenvalue weighted by Gasteiger charge is -2.48. The molecule has 0 unspecified atom stereocenters. The van der Waals surface area contributed by atoms with Gasteiger partial charge >= 0.3 is 29.8 Å². The largest absolute Gasteiger partial charge is 0.462 e. The van der Waals surface area contributed by atoms with Gasteiger partial charge in [0, 0.05) is 48.1 Å². The molecular weight excluding hydrogens is 446 g/mol. The second kappa shape index (κ2) is 12.5. The first-order chi connectivity index (χ1) is 15.3. The number of ether oxygens (including phenoxy) is 7. The summed E-state index contributed by atoms with van der Waals surface area (Å²) in [5, 5.41) is 0. The zero-order chi connectivity index (χ0) is 25.3. The van der Waals surface area contributed by atoms with E-state index in [1.807, 2.05) is 0 Å². The molecule has 0 aromatic rings. The molecule has 1 N–H and O–H groups in total. The van der Waals surface area contributed by atoms with Crippen LogP contribution in [-0.4, -0.2) is 86.4 Å². The fourth-order valence-electron chi connectivity index (χ4n) is 3.38. The minimum Gasteiger partial charge on any atom is -0.462 e. The topological polar surface area (TPSA) is 174 Å². The lowest BCUT2D eigenvalue weighted by molar-refractivity contribution is -0.328. The molecule has 1 fully saturated rings. The molecule has 1 saturated heterocycles. The van der Waals surface area contributed by atoms with Crippen molar-refractivity contribution in [2.75, 3.05) is 20.3 Å². The number of esters is 5. The molecule has 33 heavy (non-hydrogen) atoms. The first-order valence-corrected chi connectivity index (χ1v) is 10.0. The lowest BCUT2D eigenvalue weighted by atomic mass is 9.90. The fraction of sp³-hybridized carbons (Fsp3) is 0.750. The van der Waals surface area contributed by atoms with Crippen LogP contribution < -0.4 is 5.73 Å². The predicted molar refractivity (Wildman–Crippen MR) is 106 cm³/mol. The second-order valence-electron chi connectivity index (χ2n) is 7.32. The second-order valence-corrected chi connectivity index (χ2v) is 7.32. The van der Waals surface area contributed by atoms with Crippen LogP contribution in [0.15, 0.2) is 0 Å². The van der Waals surface area contributed by atoms with E-state index in [4.69, 9.17) is 38.9 Å². The molecule has 1 aliphatic rings. The predicted octanol–water partition coefficient (Wildman–Crippen LogP) is -0.309. The molecule has 1 aliphatic heterocycles. The molecule has 1 radical (unpaired) electrons. The van der Waals surface area contributed by atoms with Gasteiger partial charge in [-0.15, -0.1) is 0 Å². The van der Waals surface area contributed by atoms with E-state index < -0.39 is 79.3 Å². The SMILES string of the molecule is CO[C@@]1(C[NH])C[C@H](OC(C)=O)[C@@H](OC(C)=O)[C@H]([C@H](OC(C)=O)[C@H](COC(C)=O)OC(C)=O)O1. The van der Waals surface area contributed by atoms with Gasteiger partial charge in [0.05, 0.1) is 6.54 Å². The van der Waals surface area contributed by atoms with Gasteiger partial charge in [-0.3, -0.25) is 29.7 Å².